The van der Waals surface area contributed by atoms with Crippen LogP contribution in [0.1, 0.15) is 37.8 Å². The molecule has 0 amide bonds. The normalized spacial score (nSPS) is 11.6. The van der Waals surface area contributed by atoms with E-state index < -0.39 is 0 Å². The molecule has 0 saturated heterocycles. The molecule has 0 saturated carbocycles. The van der Waals surface area contributed by atoms with Crippen molar-refractivity contribution in [2.24, 2.45) is 0 Å². The highest BCUT2D eigenvalue weighted by Gasteiger charge is 2.13. The van der Waals surface area contributed by atoms with E-state index in [0.29, 0.717) is 25.1 Å². The van der Waals surface area contributed by atoms with Crippen molar-refractivity contribution in [2.45, 2.75) is 45.8 Å². The van der Waals surface area contributed by atoms with Gasteiger partial charge in [-0.25, -0.2) is 4.98 Å². The van der Waals surface area contributed by atoms with Crippen molar-refractivity contribution in [3.63, 3.8) is 0 Å². The van der Waals surface area contributed by atoms with Gasteiger partial charge >= 0.3 is 0 Å². The summed E-state index contributed by atoms with van der Waals surface area (Å²) in [7, 11) is 3.35. The van der Waals surface area contributed by atoms with E-state index in [2.05, 4.69) is 53.3 Å². The molecule has 0 aliphatic rings. The minimum absolute atomic E-state index is 0.365. The molecule has 3 aromatic rings. The topological polar surface area (TPSA) is 59.5 Å². The van der Waals surface area contributed by atoms with Gasteiger partial charge in [0.05, 0.1) is 14.2 Å². The fourth-order valence-corrected chi connectivity index (χ4v) is 3.44. The Balaban J connectivity index is 1.84. The molecule has 0 aliphatic carbocycles. The molecule has 31 heavy (non-hydrogen) atoms. The fourth-order valence-electron chi connectivity index (χ4n) is 3.44. The van der Waals surface area contributed by atoms with Gasteiger partial charge in [0.1, 0.15) is 17.3 Å². The summed E-state index contributed by atoms with van der Waals surface area (Å²) in [6.45, 7) is 5.74. The summed E-state index contributed by atoms with van der Waals surface area (Å²) in [5.74, 6) is 3.23. The van der Waals surface area contributed by atoms with Crippen LogP contribution in [0.4, 0.5) is 11.8 Å². The van der Waals surface area contributed by atoms with Crippen molar-refractivity contribution in [3.8, 4) is 11.5 Å². The maximum absolute atomic E-state index is 5.29. The van der Waals surface area contributed by atoms with Crippen molar-refractivity contribution in [2.75, 3.05) is 24.4 Å². The molecular formula is C25H32N4O2. The minimum Gasteiger partial charge on any atom is -0.497 e. The van der Waals surface area contributed by atoms with E-state index >= 15 is 0 Å². The zero-order valence-electron chi connectivity index (χ0n) is 18.8. The number of hydrogen-bond donors (Lipinski definition) is 1. The lowest BCUT2D eigenvalue weighted by atomic mass is 10.1. The Labute approximate surface area is 185 Å². The van der Waals surface area contributed by atoms with Gasteiger partial charge in [-0.2, -0.15) is 4.98 Å². The zero-order valence-corrected chi connectivity index (χ0v) is 18.8. The lowest BCUT2D eigenvalue weighted by molar-refractivity contribution is 0.414. The second-order valence-corrected chi connectivity index (χ2v) is 7.63. The third-order valence-electron chi connectivity index (χ3n) is 5.11. The van der Waals surface area contributed by atoms with E-state index in [4.69, 9.17) is 14.5 Å². The van der Waals surface area contributed by atoms with Crippen LogP contribution in [0.25, 0.3) is 0 Å². The number of ether oxygens (including phenoxy) is 2. The Morgan fingerprint density at radius 1 is 0.871 bits per heavy atom. The van der Waals surface area contributed by atoms with Crippen molar-refractivity contribution in [1.82, 2.24) is 9.97 Å². The highest BCUT2D eigenvalue weighted by molar-refractivity contribution is 5.44. The molecule has 164 valence electrons. The summed E-state index contributed by atoms with van der Waals surface area (Å²) in [4.78, 5) is 11.6. The summed E-state index contributed by atoms with van der Waals surface area (Å²) >= 11 is 0. The van der Waals surface area contributed by atoms with E-state index in [-0.39, 0.29) is 0 Å². The van der Waals surface area contributed by atoms with Gasteiger partial charge in [-0.05, 0) is 54.8 Å². The molecule has 0 spiro atoms. The number of rotatable bonds is 11. The number of benzene rings is 2. The van der Waals surface area contributed by atoms with Crippen LogP contribution < -0.4 is 19.7 Å². The van der Waals surface area contributed by atoms with E-state index in [9.17, 15) is 0 Å². The first-order valence-corrected chi connectivity index (χ1v) is 10.7. The largest absolute Gasteiger partial charge is 0.497 e. The lowest BCUT2D eigenvalue weighted by Gasteiger charge is -2.24. The second kappa shape index (κ2) is 11.2. The molecule has 1 aromatic heterocycles. The number of methoxy groups -OCH3 is 2. The van der Waals surface area contributed by atoms with Crippen LogP contribution in [0.5, 0.6) is 11.5 Å². The van der Waals surface area contributed by atoms with Crippen LogP contribution >= 0.6 is 0 Å². The molecule has 1 N–H and O–H groups in total. The molecule has 3 rings (SSSR count). The molecule has 0 radical (unpaired) electrons. The zero-order chi connectivity index (χ0) is 22.1. The molecule has 0 unspecified atom stereocenters. The first-order chi connectivity index (χ1) is 15.1. The SMILES string of the molecule is CCC[C@@H](C)Nc1ccnc(N(Cc2ccc(OC)cc2)Cc2ccc(OC)cc2)n1. The fraction of sp³-hybridized carbons (Fsp3) is 0.360. The molecule has 1 heterocycles. The van der Waals surface area contributed by atoms with Crippen LogP contribution in [-0.2, 0) is 13.1 Å². The highest BCUT2D eigenvalue weighted by Crippen LogP contribution is 2.21. The number of nitrogens with zero attached hydrogens (tertiary/aromatic N) is 3. The summed E-state index contributed by atoms with van der Waals surface area (Å²) in [6, 6.07) is 18.5. The number of hydrogen-bond acceptors (Lipinski definition) is 6. The lowest BCUT2D eigenvalue weighted by Crippen LogP contribution is -2.25. The van der Waals surface area contributed by atoms with Crippen LogP contribution in [0, 0.1) is 0 Å². The first-order valence-electron chi connectivity index (χ1n) is 10.7. The molecule has 0 bridgehead atoms. The van der Waals surface area contributed by atoms with E-state index in [0.717, 1.165) is 41.3 Å². The average Bonchev–Trinajstić information content (AvgIpc) is 2.80. The van der Waals surface area contributed by atoms with Gasteiger partial charge in [-0.1, -0.05) is 37.6 Å². The smallest absolute Gasteiger partial charge is 0.227 e. The molecule has 1 atom stereocenters. The van der Waals surface area contributed by atoms with Crippen molar-refractivity contribution < 1.29 is 9.47 Å². The van der Waals surface area contributed by atoms with Crippen LogP contribution in [0.15, 0.2) is 60.8 Å². The Morgan fingerprint density at radius 2 is 1.42 bits per heavy atom. The summed E-state index contributed by atoms with van der Waals surface area (Å²) in [5.41, 5.74) is 2.33. The third kappa shape index (κ3) is 6.60. The summed E-state index contributed by atoms with van der Waals surface area (Å²) < 4.78 is 10.6. The Hall–Kier alpha value is -3.28. The van der Waals surface area contributed by atoms with E-state index in [1.807, 2.05) is 36.5 Å². The maximum atomic E-state index is 5.29. The van der Waals surface area contributed by atoms with Crippen LogP contribution in [0.3, 0.4) is 0 Å². The van der Waals surface area contributed by atoms with Gasteiger partial charge in [-0.15, -0.1) is 0 Å². The molecule has 0 aliphatic heterocycles. The second-order valence-electron chi connectivity index (χ2n) is 7.63. The van der Waals surface area contributed by atoms with Gasteiger partial charge < -0.3 is 19.7 Å². The van der Waals surface area contributed by atoms with Gasteiger partial charge in [-0.3, -0.25) is 0 Å². The van der Waals surface area contributed by atoms with E-state index in [1.54, 1.807) is 14.2 Å². The maximum Gasteiger partial charge on any atom is 0.227 e. The highest BCUT2D eigenvalue weighted by atomic mass is 16.5. The molecule has 6 nitrogen and oxygen atoms in total. The Morgan fingerprint density at radius 3 is 1.90 bits per heavy atom. The number of aromatic nitrogens is 2. The van der Waals surface area contributed by atoms with Gasteiger partial charge in [0.15, 0.2) is 0 Å². The quantitative estimate of drug-likeness (QED) is 0.454. The van der Waals surface area contributed by atoms with Gasteiger partial charge in [0, 0.05) is 25.3 Å². The van der Waals surface area contributed by atoms with Crippen molar-refractivity contribution in [3.05, 3.63) is 71.9 Å². The summed E-state index contributed by atoms with van der Waals surface area (Å²) in [6.07, 6.45) is 4.05. The van der Waals surface area contributed by atoms with Gasteiger partial charge in [0.2, 0.25) is 5.95 Å². The first kappa shape index (κ1) is 22.4. The van der Waals surface area contributed by atoms with Gasteiger partial charge in [0.25, 0.3) is 0 Å². The van der Waals surface area contributed by atoms with Crippen molar-refractivity contribution in [1.29, 1.82) is 0 Å². The predicted octanol–water partition coefficient (Wildman–Crippen LogP) is 5.30. The molecule has 6 heteroatoms. The van der Waals surface area contributed by atoms with E-state index in [1.165, 1.54) is 0 Å². The number of anilines is 2. The Bertz CT molecular complexity index is 880. The molecule has 0 fully saturated rings. The third-order valence-corrected chi connectivity index (χ3v) is 5.11. The molecule has 2 aromatic carbocycles. The van der Waals surface area contributed by atoms with Crippen LogP contribution in [-0.4, -0.2) is 30.2 Å². The predicted molar refractivity (Wildman–Crippen MR) is 126 cm³/mol. The number of nitrogens with one attached hydrogen (secondary N) is 1. The average molecular weight is 421 g/mol. The minimum atomic E-state index is 0.365. The Kier molecular flexibility index (Phi) is 8.10. The summed E-state index contributed by atoms with van der Waals surface area (Å²) in [5, 5.41) is 3.49. The van der Waals surface area contributed by atoms with Crippen molar-refractivity contribution >= 4 is 11.8 Å². The monoisotopic (exact) mass is 420 g/mol. The van der Waals surface area contributed by atoms with Crippen LogP contribution in [0.2, 0.25) is 0 Å². The standard InChI is InChI=1S/C25H32N4O2/c1-5-6-19(2)27-24-15-16-26-25(28-24)29(17-20-7-11-22(30-3)12-8-20)18-21-9-13-23(31-4)14-10-21/h7-16,19H,5-6,17-18H2,1-4H3,(H,26,27,28)/t19-/m1/s1. The molecular weight excluding hydrogens is 388 g/mol.